The molecule has 0 heterocycles. The Morgan fingerprint density at radius 1 is 0.857 bits per heavy atom. The highest BCUT2D eigenvalue weighted by Crippen LogP contribution is 2.29. The van der Waals surface area contributed by atoms with E-state index in [-0.39, 0.29) is 7.43 Å². The smallest absolute Gasteiger partial charge is 0.00678 e. The topological polar surface area (TPSA) is 0 Å². The van der Waals surface area contributed by atoms with E-state index in [2.05, 4.69) is 101 Å². The van der Waals surface area contributed by atoms with Crippen molar-refractivity contribution in [2.24, 2.45) is 0 Å². The Morgan fingerprint density at radius 3 is 2.14 bits per heavy atom. The number of rotatable bonds is 4. The van der Waals surface area contributed by atoms with Crippen molar-refractivity contribution in [2.45, 2.75) is 54.9 Å². The van der Waals surface area contributed by atoms with E-state index in [0.717, 1.165) is 12.8 Å². The lowest BCUT2D eigenvalue weighted by atomic mass is 9.90. The quantitative estimate of drug-likeness (QED) is 0.462. The summed E-state index contributed by atoms with van der Waals surface area (Å²) in [5.74, 6) is 0. The lowest BCUT2D eigenvalue weighted by Gasteiger charge is -2.14. The van der Waals surface area contributed by atoms with Crippen molar-refractivity contribution in [3.05, 3.63) is 82.2 Å². The van der Waals surface area contributed by atoms with Crippen molar-refractivity contribution < 1.29 is 0 Å². The van der Waals surface area contributed by atoms with Gasteiger partial charge < -0.3 is 0 Å². The minimum Gasteiger partial charge on any atom is -0.0776 e. The molecular formula is C28H34. The van der Waals surface area contributed by atoms with Gasteiger partial charge in [-0.25, -0.2) is 0 Å². The van der Waals surface area contributed by atoms with Crippen LogP contribution in [-0.4, -0.2) is 0 Å². The molecule has 3 aromatic rings. The number of allylic oxidation sites excluding steroid dienone is 2. The lowest BCUT2D eigenvalue weighted by molar-refractivity contribution is 1.15. The predicted molar refractivity (Wildman–Crippen MR) is 128 cm³/mol. The van der Waals surface area contributed by atoms with Crippen LogP contribution in [-0.2, 0) is 6.42 Å². The first kappa shape index (κ1) is 21.7. The Bertz CT molecular complexity index is 1090. The van der Waals surface area contributed by atoms with Gasteiger partial charge in [0.05, 0.1) is 0 Å². The number of benzene rings is 3. The highest BCUT2D eigenvalue weighted by molar-refractivity contribution is 5.93. The van der Waals surface area contributed by atoms with Gasteiger partial charge >= 0.3 is 0 Å². The van der Waals surface area contributed by atoms with E-state index in [1.165, 1.54) is 49.0 Å². The summed E-state index contributed by atoms with van der Waals surface area (Å²) < 4.78 is 0. The molecule has 0 N–H and O–H groups in total. The van der Waals surface area contributed by atoms with Crippen molar-refractivity contribution in [2.75, 3.05) is 0 Å². The Kier molecular flexibility index (Phi) is 7.40. The zero-order chi connectivity index (χ0) is 19.4. The van der Waals surface area contributed by atoms with Gasteiger partial charge in [-0.3, -0.25) is 0 Å². The van der Waals surface area contributed by atoms with E-state index < -0.39 is 0 Å². The zero-order valence-electron chi connectivity index (χ0n) is 17.3. The standard InChI is InChI=1S/C27H30.CH4/c1-6-20(5)26-22(14-13-19(3)4)15-16-23-17-18-25(24(7-2)27(23)26)21-11-9-8-10-12-21;/h8-18H,6-7H2,1-5H3;1H4/b22-14-,26-20+;. The fraction of sp³-hybridized carbons (Fsp3) is 0.286. The van der Waals surface area contributed by atoms with Crippen LogP contribution in [0.5, 0.6) is 0 Å². The van der Waals surface area contributed by atoms with Crippen molar-refractivity contribution in [1.82, 2.24) is 0 Å². The molecule has 0 unspecified atom stereocenters. The number of hydrogen-bond acceptors (Lipinski definition) is 0. The number of aryl methyl sites for hydroxylation is 1. The van der Waals surface area contributed by atoms with Crippen LogP contribution in [0.4, 0.5) is 0 Å². The van der Waals surface area contributed by atoms with Gasteiger partial charge in [0, 0.05) is 0 Å². The SMILES string of the molecule is C.CC/C(C)=c1\c(=C/C=C(C)C)ccc2ccc(-c3ccccc3)c(CC)c12. The van der Waals surface area contributed by atoms with Gasteiger partial charge in [0.1, 0.15) is 0 Å². The summed E-state index contributed by atoms with van der Waals surface area (Å²) in [6.07, 6.45) is 6.59. The van der Waals surface area contributed by atoms with Gasteiger partial charge in [0.2, 0.25) is 0 Å². The van der Waals surface area contributed by atoms with Crippen LogP contribution in [0, 0.1) is 0 Å². The molecule has 0 fully saturated rings. The van der Waals surface area contributed by atoms with Gasteiger partial charge in [-0.05, 0) is 71.5 Å². The summed E-state index contributed by atoms with van der Waals surface area (Å²) in [7, 11) is 0. The average Bonchev–Trinajstić information content (AvgIpc) is 2.70. The first-order chi connectivity index (χ1) is 13.1. The van der Waals surface area contributed by atoms with E-state index in [4.69, 9.17) is 0 Å². The Labute approximate surface area is 170 Å². The minimum atomic E-state index is 0. The molecule has 0 amide bonds. The fourth-order valence-electron chi connectivity index (χ4n) is 3.79. The first-order valence-corrected chi connectivity index (χ1v) is 10.0. The molecule has 3 rings (SSSR count). The highest BCUT2D eigenvalue weighted by atomic mass is 14.1. The van der Waals surface area contributed by atoms with Crippen molar-refractivity contribution in [3.63, 3.8) is 0 Å². The van der Waals surface area contributed by atoms with Gasteiger partial charge in [-0.15, -0.1) is 0 Å². The van der Waals surface area contributed by atoms with Gasteiger partial charge in [-0.2, -0.15) is 0 Å². The molecule has 28 heavy (non-hydrogen) atoms. The van der Waals surface area contributed by atoms with Crippen molar-refractivity contribution >= 4 is 22.4 Å². The van der Waals surface area contributed by atoms with Gasteiger partial charge in [-0.1, -0.05) is 99.2 Å². The summed E-state index contributed by atoms with van der Waals surface area (Å²) in [5, 5.41) is 5.50. The third-order valence-corrected chi connectivity index (χ3v) is 5.32. The summed E-state index contributed by atoms with van der Waals surface area (Å²) in [5.41, 5.74) is 6.89. The molecule has 0 nitrogen and oxygen atoms in total. The molecule has 0 atom stereocenters. The molecular weight excluding hydrogens is 336 g/mol. The molecule has 0 bridgehead atoms. The Hall–Kier alpha value is -2.60. The Balaban J connectivity index is 0.00000280. The van der Waals surface area contributed by atoms with Gasteiger partial charge in [0.15, 0.2) is 0 Å². The van der Waals surface area contributed by atoms with Crippen LogP contribution in [0.3, 0.4) is 0 Å². The number of fused-ring (bicyclic) bond motifs is 1. The van der Waals surface area contributed by atoms with E-state index >= 15 is 0 Å². The monoisotopic (exact) mass is 370 g/mol. The zero-order valence-corrected chi connectivity index (χ0v) is 17.3. The third kappa shape index (κ3) is 4.28. The fourth-order valence-corrected chi connectivity index (χ4v) is 3.79. The summed E-state index contributed by atoms with van der Waals surface area (Å²) in [4.78, 5) is 0. The maximum absolute atomic E-state index is 2.29. The summed E-state index contributed by atoms with van der Waals surface area (Å²) >= 11 is 0. The van der Waals surface area contributed by atoms with Crippen LogP contribution < -0.4 is 10.4 Å². The van der Waals surface area contributed by atoms with E-state index in [1.54, 1.807) is 0 Å². The molecule has 0 aromatic heterocycles. The van der Waals surface area contributed by atoms with Crippen LogP contribution in [0.1, 0.15) is 54.0 Å². The maximum atomic E-state index is 2.29. The molecule has 0 radical (unpaired) electrons. The van der Waals surface area contributed by atoms with E-state index in [0.29, 0.717) is 0 Å². The summed E-state index contributed by atoms with van der Waals surface area (Å²) in [6.45, 7) is 11.1. The molecule has 0 saturated carbocycles. The molecule has 0 heteroatoms. The third-order valence-electron chi connectivity index (χ3n) is 5.32. The van der Waals surface area contributed by atoms with Crippen LogP contribution in [0.2, 0.25) is 0 Å². The van der Waals surface area contributed by atoms with Crippen LogP contribution in [0.25, 0.3) is 33.5 Å². The molecule has 0 aliphatic carbocycles. The lowest BCUT2D eigenvalue weighted by Crippen LogP contribution is -2.28. The second-order valence-corrected chi connectivity index (χ2v) is 7.48. The van der Waals surface area contributed by atoms with Gasteiger partial charge in [0.25, 0.3) is 0 Å². The minimum absolute atomic E-state index is 0. The summed E-state index contributed by atoms with van der Waals surface area (Å²) in [6, 6.07) is 19.9. The first-order valence-electron chi connectivity index (χ1n) is 10.0. The Morgan fingerprint density at radius 2 is 1.54 bits per heavy atom. The second kappa shape index (κ2) is 9.55. The predicted octanol–water partition coefficient (Wildman–Crippen LogP) is 7.03. The largest absolute Gasteiger partial charge is 0.0776 e. The molecule has 0 spiro atoms. The van der Waals surface area contributed by atoms with E-state index in [1.807, 2.05) is 0 Å². The van der Waals surface area contributed by atoms with Crippen LogP contribution >= 0.6 is 0 Å². The average molecular weight is 371 g/mol. The highest BCUT2D eigenvalue weighted by Gasteiger charge is 2.10. The maximum Gasteiger partial charge on any atom is -0.00678 e. The molecule has 0 aliphatic rings. The van der Waals surface area contributed by atoms with Crippen LogP contribution in [0.15, 0.2) is 66.2 Å². The normalized spacial score (nSPS) is 12.5. The molecule has 0 aliphatic heterocycles. The number of hydrogen-bond donors (Lipinski definition) is 0. The van der Waals surface area contributed by atoms with E-state index in [9.17, 15) is 0 Å². The van der Waals surface area contributed by atoms with Crippen molar-refractivity contribution in [1.29, 1.82) is 0 Å². The molecule has 3 aromatic carbocycles. The molecule has 0 saturated heterocycles. The van der Waals surface area contributed by atoms with Crippen molar-refractivity contribution in [3.8, 4) is 11.1 Å². The molecule has 146 valence electrons. The second-order valence-electron chi connectivity index (χ2n) is 7.48.